The maximum absolute atomic E-state index is 12.0. The zero-order valence-corrected chi connectivity index (χ0v) is 13.3. The van der Waals surface area contributed by atoms with Gasteiger partial charge in [0.05, 0.1) is 17.0 Å². The lowest BCUT2D eigenvalue weighted by molar-refractivity contribution is 0.0697. The second-order valence-corrected chi connectivity index (χ2v) is 8.00. The van der Waals surface area contributed by atoms with E-state index in [0.717, 1.165) is 0 Å². The number of rotatable bonds is 4. The van der Waals surface area contributed by atoms with Gasteiger partial charge in [-0.15, -0.1) is 0 Å². The number of carboxylic acid groups (broad SMARTS) is 1. The summed E-state index contributed by atoms with van der Waals surface area (Å²) in [6.45, 7) is 5.44. The van der Waals surface area contributed by atoms with E-state index in [2.05, 4.69) is 20.7 Å². The molecule has 0 aliphatic carbocycles. The van der Waals surface area contributed by atoms with Gasteiger partial charge in [-0.05, 0) is 39.5 Å². The molecular formula is C12H16BrNO4S. The van der Waals surface area contributed by atoms with Gasteiger partial charge in [-0.1, -0.05) is 20.8 Å². The summed E-state index contributed by atoms with van der Waals surface area (Å²) in [4.78, 5) is 10.9. The molecule has 0 spiro atoms. The van der Waals surface area contributed by atoms with Crippen molar-refractivity contribution in [3.8, 4) is 0 Å². The van der Waals surface area contributed by atoms with E-state index in [9.17, 15) is 13.2 Å². The van der Waals surface area contributed by atoms with E-state index < -0.39 is 16.0 Å². The molecule has 19 heavy (non-hydrogen) atoms. The molecular weight excluding hydrogens is 334 g/mol. The zero-order chi connectivity index (χ0) is 14.8. The zero-order valence-electron chi connectivity index (χ0n) is 10.9. The van der Waals surface area contributed by atoms with Crippen molar-refractivity contribution in [3.05, 3.63) is 28.2 Å². The molecule has 0 bridgehead atoms. The molecule has 0 aromatic heterocycles. The van der Waals surface area contributed by atoms with Crippen LogP contribution in [-0.4, -0.2) is 25.2 Å². The van der Waals surface area contributed by atoms with E-state index in [-0.39, 0.29) is 22.4 Å². The van der Waals surface area contributed by atoms with Crippen molar-refractivity contribution in [2.45, 2.75) is 20.8 Å². The highest BCUT2D eigenvalue weighted by atomic mass is 79.9. The maximum Gasteiger partial charge on any atom is 0.335 e. The van der Waals surface area contributed by atoms with Crippen LogP contribution in [0.4, 0.5) is 5.69 Å². The molecule has 0 radical (unpaired) electrons. The summed E-state index contributed by atoms with van der Waals surface area (Å²) in [5.74, 6) is -1.16. The first-order chi connectivity index (χ1) is 8.50. The Bertz CT molecular complexity index is 590. The van der Waals surface area contributed by atoms with E-state index in [1.807, 2.05) is 20.8 Å². The first kappa shape index (κ1) is 16.0. The number of carbonyl (C=O) groups is 1. The molecule has 1 aromatic carbocycles. The van der Waals surface area contributed by atoms with Gasteiger partial charge in [0.15, 0.2) is 0 Å². The van der Waals surface area contributed by atoms with Gasteiger partial charge in [-0.25, -0.2) is 13.2 Å². The standard InChI is InChI=1S/C12H16BrNO4S/c1-12(2,3)7-19(17,18)14-10-6-8(11(15)16)4-5-9(10)13/h4-6,14H,7H2,1-3H3,(H,15,16). The van der Waals surface area contributed by atoms with E-state index in [4.69, 9.17) is 5.11 Å². The third kappa shape index (κ3) is 5.20. The molecule has 106 valence electrons. The first-order valence-corrected chi connectivity index (χ1v) is 7.98. The summed E-state index contributed by atoms with van der Waals surface area (Å²) in [6, 6.07) is 4.18. The molecule has 1 aromatic rings. The second kappa shape index (κ2) is 5.50. The second-order valence-electron chi connectivity index (χ2n) is 5.42. The van der Waals surface area contributed by atoms with Gasteiger partial charge in [0.25, 0.3) is 0 Å². The molecule has 0 heterocycles. The van der Waals surface area contributed by atoms with Gasteiger partial charge < -0.3 is 5.11 Å². The molecule has 0 aliphatic heterocycles. The number of aromatic carboxylic acids is 1. The molecule has 0 unspecified atom stereocenters. The van der Waals surface area contributed by atoms with Crippen LogP contribution >= 0.6 is 15.9 Å². The van der Waals surface area contributed by atoms with Crippen LogP contribution in [0, 0.1) is 5.41 Å². The lowest BCUT2D eigenvalue weighted by Crippen LogP contribution is -2.26. The summed E-state index contributed by atoms with van der Waals surface area (Å²) >= 11 is 3.19. The van der Waals surface area contributed by atoms with Gasteiger partial charge in [0.2, 0.25) is 10.0 Å². The topological polar surface area (TPSA) is 83.5 Å². The van der Waals surface area contributed by atoms with Crippen molar-refractivity contribution in [1.29, 1.82) is 0 Å². The number of halogens is 1. The first-order valence-electron chi connectivity index (χ1n) is 5.53. The Morgan fingerprint density at radius 1 is 1.37 bits per heavy atom. The number of nitrogens with one attached hydrogen (secondary N) is 1. The fourth-order valence-corrected chi connectivity index (χ4v) is 3.70. The van der Waals surface area contributed by atoms with Crippen molar-refractivity contribution >= 4 is 37.6 Å². The fourth-order valence-electron chi connectivity index (χ4n) is 1.51. The molecule has 2 N–H and O–H groups in total. The molecule has 5 nitrogen and oxygen atoms in total. The minimum absolute atomic E-state index is 0.0247. The normalized spacial score (nSPS) is 12.2. The number of carboxylic acids is 1. The molecule has 7 heteroatoms. The number of anilines is 1. The highest BCUT2D eigenvalue weighted by Gasteiger charge is 2.22. The number of sulfonamides is 1. The summed E-state index contributed by atoms with van der Waals surface area (Å²) in [7, 11) is -3.53. The minimum atomic E-state index is -3.53. The lowest BCUT2D eigenvalue weighted by Gasteiger charge is -2.19. The fraction of sp³-hybridized carbons (Fsp3) is 0.417. The minimum Gasteiger partial charge on any atom is -0.478 e. The van der Waals surface area contributed by atoms with Crippen molar-refractivity contribution in [3.63, 3.8) is 0 Å². The Balaban J connectivity index is 3.05. The Kier molecular flexibility index (Phi) is 4.63. The smallest absolute Gasteiger partial charge is 0.335 e. The van der Waals surface area contributed by atoms with Gasteiger partial charge in [0, 0.05) is 4.47 Å². The van der Waals surface area contributed by atoms with Crippen molar-refractivity contribution in [1.82, 2.24) is 0 Å². The molecule has 0 fully saturated rings. The largest absolute Gasteiger partial charge is 0.478 e. The highest BCUT2D eigenvalue weighted by Crippen LogP contribution is 2.26. The Morgan fingerprint density at radius 3 is 2.42 bits per heavy atom. The van der Waals surface area contributed by atoms with Crippen LogP contribution in [0.25, 0.3) is 0 Å². The molecule has 0 aliphatic rings. The van der Waals surface area contributed by atoms with Crippen molar-refractivity contribution < 1.29 is 18.3 Å². The van der Waals surface area contributed by atoms with E-state index in [0.29, 0.717) is 4.47 Å². The van der Waals surface area contributed by atoms with Crippen LogP contribution in [0.15, 0.2) is 22.7 Å². The number of hydrogen-bond acceptors (Lipinski definition) is 3. The number of benzene rings is 1. The Morgan fingerprint density at radius 2 is 1.95 bits per heavy atom. The van der Waals surface area contributed by atoms with Crippen LogP contribution in [0.5, 0.6) is 0 Å². The van der Waals surface area contributed by atoms with Gasteiger partial charge in [-0.2, -0.15) is 0 Å². The summed E-state index contributed by atoms with van der Waals surface area (Å²) < 4.78 is 26.8. The van der Waals surface area contributed by atoms with Gasteiger partial charge in [0.1, 0.15) is 0 Å². The average molecular weight is 350 g/mol. The number of hydrogen-bond donors (Lipinski definition) is 2. The third-order valence-electron chi connectivity index (χ3n) is 2.10. The highest BCUT2D eigenvalue weighted by molar-refractivity contribution is 9.10. The Hall–Kier alpha value is -1.08. The van der Waals surface area contributed by atoms with Crippen LogP contribution < -0.4 is 4.72 Å². The maximum atomic E-state index is 12.0. The quantitative estimate of drug-likeness (QED) is 0.875. The van der Waals surface area contributed by atoms with Gasteiger partial charge >= 0.3 is 5.97 Å². The molecule has 1 rings (SSSR count). The molecule has 0 amide bonds. The summed E-state index contributed by atoms with van der Waals surface area (Å²) in [6.07, 6.45) is 0. The van der Waals surface area contributed by atoms with E-state index in [1.165, 1.54) is 18.2 Å². The third-order valence-corrected chi connectivity index (χ3v) is 4.57. The van der Waals surface area contributed by atoms with E-state index >= 15 is 0 Å². The van der Waals surface area contributed by atoms with Crippen molar-refractivity contribution in [2.24, 2.45) is 5.41 Å². The predicted octanol–water partition coefficient (Wildman–Crippen LogP) is 2.94. The summed E-state index contributed by atoms with van der Waals surface area (Å²) in [5, 5.41) is 8.89. The molecule has 0 atom stereocenters. The molecule has 0 saturated carbocycles. The van der Waals surface area contributed by atoms with Crippen LogP contribution in [0.3, 0.4) is 0 Å². The monoisotopic (exact) mass is 349 g/mol. The van der Waals surface area contributed by atoms with Gasteiger partial charge in [-0.3, -0.25) is 4.72 Å². The van der Waals surface area contributed by atoms with Crippen molar-refractivity contribution in [2.75, 3.05) is 10.5 Å². The summed E-state index contributed by atoms with van der Waals surface area (Å²) in [5.41, 5.74) is -0.135. The van der Waals surface area contributed by atoms with E-state index in [1.54, 1.807) is 0 Å². The van der Waals surface area contributed by atoms with Crippen LogP contribution in [0.1, 0.15) is 31.1 Å². The van der Waals surface area contributed by atoms with Crippen LogP contribution in [0.2, 0.25) is 0 Å². The molecule has 0 saturated heterocycles. The predicted molar refractivity (Wildman–Crippen MR) is 78.0 cm³/mol. The average Bonchev–Trinajstić information content (AvgIpc) is 2.16. The lowest BCUT2D eigenvalue weighted by atomic mass is 10.0. The van der Waals surface area contributed by atoms with Crippen LogP contribution in [-0.2, 0) is 10.0 Å². The Labute approximate surface area is 121 Å². The SMILES string of the molecule is CC(C)(C)CS(=O)(=O)Nc1cc(C(=O)O)ccc1Br.